The Morgan fingerprint density at radius 3 is 2.19 bits per heavy atom. The lowest BCUT2D eigenvalue weighted by Crippen LogP contribution is -2.26. The van der Waals surface area contributed by atoms with Gasteiger partial charge in [0.25, 0.3) is 0 Å². The maximum atomic E-state index is 5.44. The van der Waals surface area contributed by atoms with Crippen LogP contribution in [-0.2, 0) is 9.47 Å². The van der Waals surface area contributed by atoms with Gasteiger partial charge < -0.3 is 19.7 Å². The number of ether oxygens (including phenoxy) is 2. The predicted molar refractivity (Wildman–Crippen MR) is 67.9 cm³/mol. The molecule has 4 heteroatoms. The van der Waals surface area contributed by atoms with Crippen molar-refractivity contribution in [3.05, 3.63) is 0 Å². The molecule has 0 heterocycles. The van der Waals surface area contributed by atoms with Crippen LogP contribution in [0.15, 0.2) is 0 Å². The molecule has 16 heavy (non-hydrogen) atoms. The van der Waals surface area contributed by atoms with E-state index >= 15 is 0 Å². The van der Waals surface area contributed by atoms with Gasteiger partial charge in [0.1, 0.15) is 0 Å². The summed E-state index contributed by atoms with van der Waals surface area (Å²) in [7, 11) is 4.10. The zero-order chi connectivity index (χ0) is 12.2. The lowest BCUT2D eigenvalue weighted by molar-refractivity contribution is 0.102. The number of nitrogens with one attached hydrogen (secondary N) is 1. The van der Waals surface area contributed by atoms with Gasteiger partial charge in [-0.3, -0.25) is 0 Å². The van der Waals surface area contributed by atoms with Crippen LogP contribution in [0.25, 0.3) is 0 Å². The Morgan fingerprint density at radius 2 is 1.62 bits per heavy atom. The quantitative estimate of drug-likeness (QED) is 0.535. The van der Waals surface area contributed by atoms with Crippen LogP contribution in [-0.4, -0.2) is 65.1 Å². The third-order valence-electron chi connectivity index (χ3n) is 1.98. The van der Waals surface area contributed by atoms with Crippen LogP contribution in [0.3, 0.4) is 0 Å². The van der Waals surface area contributed by atoms with Gasteiger partial charge in [-0.25, -0.2) is 0 Å². The summed E-state index contributed by atoms with van der Waals surface area (Å²) in [6, 6.07) is 0. The fourth-order valence-corrected chi connectivity index (χ4v) is 1.08. The molecule has 0 aromatic rings. The molecule has 0 aromatic heterocycles. The zero-order valence-corrected chi connectivity index (χ0v) is 11.3. The van der Waals surface area contributed by atoms with Gasteiger partial charge in [-0.2, -0.15) is 0 Å². The first-order valence-corrected chi connectivity index (χ1v) is 6.14. The number of nitrogens with zero attached hydrogens (tertiary/aromatic N) is 1. The summed E-state index contributed by atoms with van der Waals surface area (Å²) < 4.78 is 10.9. The highest BCUT2D eigenvalue weighted by atomic mass is 16.5. The summed E-state index contributed by atoms with van der Waals surface area (Å²) in [6.45, 7) is 10.3. The van der Waals surface area contributed by atoms with E-state index in [4.69, 9.17) is 9.47 Å². The summed E-state index contributed by atoms with van der Waals surface area (Å²) >= 11 is 0. The molecule has 4 nitrogen and oxygen atoms in total. The van der Waals surface area contributed by atoms with E-state index in [1.165, 1.54) is 0 Å². The van der Waals surface area contributed by atoms with Gasteiger partial charge in [0.2, 0.25) is 0 Å². The lowest BCUT2D eigenvalue weighted by atomic mass is 10.2. The highest BCUT2D eigenvalue weighted by Crippen LogP contribution is 1.90. The van der Waals surface area contributed by atoms with Gasteiger partial charge in [-0.05, 0) is 20.0 Å². The van der Waals surface area contributed by atoms with Gasteiger partial charge in [0, 0.05) is 26.2 Å². The van der Waals surface area contributed by atoms with E-state index in [-0.39, 0.29) is 0 Å². The lowest BCUT2D eigenvalue weighted by Gasteiger charge is -2.10. The van der Waals surface area contributed by atoms with Crippen LogP contribution in [0.2, 0.25) is 0 Å². The highest BCUT2D eigenvalue weighted by Gasteiger charge is 1.94. The molecule has 0 radical (unpaired) electrons. The molecule has 0 fully saturated rings. The van der Waals surface area contributed by atoms with Gasteiger partial charge in [-0.1, -0.05) is 13.8 Å². The smallest absolute Gasteiger partial charge is 0.0593 e. The normalized spacial score (nSPS) is 11.6. The average molecular weight is 232 g/mol. The Balaban J connectivity index is 2.93. The highest BCUT2D eigenvalue weighted by molar-refractivity contribution is 4.47. The summed E-state index contributed by atoms with van der Waals surface area (Å²) in [5.74, 6) is 0.620. The fraction of sp³-hybridized carbons (Fsp3) is 1.00. The molecule has 0 unspecified atom stereocenters. The summed E-state index contributed by atoms with van der Waals surface area (Å²) in [5, 5.41) is 3.28. The van der Waals surface area contributed by atoms with E-state index in [2.05, 4.69) is 24.1 Å². The van der Waals surface area contributed by atoms with Crippen molar-refractivity contribution in [3.8, 4) is 0 Å². The zero-order valence-electron chi connectivity index (χ0n) is 11.3. The van der Waals surface area contributed by atoms with Gasteiger partial charge in [0.15, 0.2) is 0 Å². The molecule has 0 saturated carbocycles. The Hall–Kier alpha value is -0.160. The Morgan fingerprint density at radius 1 is 1.00 bits per heavy atom. The monoisotopic (exact) mass is 232 g/mol. The molecular weight excluding hydrogens is 204 g/mol. The summed E-state index contributed by atoms with van der Waals surface area (Å²) in [6.07, 6.45) is 0. The first-order valence-electron chi connectivity index (χ1n) is 6.14. The largest absolute Gasteiger partial charge is 0.380 e. The van der Waals surface area contributed by atoms with Gasteiger partial charge in [-0.15, -0.1) is 0 Å². The molecular formula is C12H28N2O2. The van der Waals surface area contributed by atoms with E-state index in [1.54, 1.807) is 0 Å². The molecule has 0 aromatic carbocycles. The van der Waals surface area contributed by atoms with Crippen LogP contribution in [0, 0.1) is 5.92 Å². The molecule has 0 aliphatic rings. The fourth-order valence-electron chi connectivity index (χ4n) is 1.08. The van der Waals surface area contributed by atoms with Crippen LogP contribution in [0.4, 0.5) is 0 Å². The first-order chi connectivity index (χ1) is 7.63. The predicted octanol–water partition coefficient (Wildman–Crippen LogP) is 0.827. The maximum absolute atomic E-state index is 5.44. The van der Waals surface area contributed by atoms with Crippen molar-refractivity contribution in [2.45, 2.75) is 13.8 Å². The van der Waals surface area contributed by atoms with E-state index in [0.717, 1.165) is 46.1 Å². The molecule has 1 N–H and O–H groups in total. The molecule has 0 atom stereocenters. The Kier molecular flexibility index (Phi) is 11.2. The van der Waals surface area contributed by atoms with Gasteiger partial charge >= 0.3 is 0 Å². The average Bonchev–Trinajstić information content (AvgIpc) is 2.20. The molecule has 98 valence electrons. The van der Waals surface area contributed by atoms with Crippen molar-refractivity contribution in [1.29, 1.82) is 0 Å². The second kappa shape index (κ2) is 11.3. The van der Waals surface area contributed by atoms with Crippen molar-refractivity contribution in [1.82, 2.24) is 10.2 Å². The Bertz CT molecular complexity index is 125. The SMILES string of the molecule is CC(C)COCCNCCOCCN(C)C. The maximum Gasteiger partial charge on any atom is 0.0593 e. The standard InChI is InChI=1S/C12H28N2O2/c1-12(2)11-16-9-6-13-5-8-15-10-7-14(3)4/h12-13H,5-11H2,1-4H3. The van der Waals surface area contributed by atoms with E-state index in [0.29, 0.717) is 5.92 Å². The van der Waals surface area contributed by atoms with Crippen LogP contribution in [0.1, 0.15) is 13.8 Å². The van der Waals surface area contributed by atoms with E-state index in [1.807, 2.05) is 14.1 Å². The molecule has 0 aliphatic heterocycles. The second-order valence-electron chi connectivity index (χ2n) is 4.63. The van der Waals surface area contributed by atoms with Crippen molar-refractivity contribution in [3.63, 3.8) is 0 Å². The third-order valence-corrected chi connectivity index (χ3v) is 1.98. The summed E-state index contributed by atoms with van der Waals surface area (Å²) in [4.78, 5) is 2.12. The van der Waals surface area contributed by atoms with Crippen molar-refractivity contribution >= 4 is 0 Å². The minimum absolute atomic E-state index is 0.620. The van der Waals surface area contributed by atoms with E-state index in [9.17, 15) is 0 Å². The minimum atomic E-state index is 0.620. The van der Waals surface area contributed by atoms with Crippen molar-refractivity contribution in [2.75, 3.05) is 60.2 Å². The molecule has 0 spiro atoms. The molecule has 0 rings (SSSR count). The molecule has 0 bridgehead atoms. The van der Waals surface area contributed by atoms with Crippen LogP contribution in [0.5, 0.6) is 0 Å². The molecule has 0 amide bonds. The molecule has 0 aliphatic carbocycles. The topological polar surface area (TPSA) is 33.7 Å². The van der Waals surface area contributed by atoms with Crippen LogP contribution >= 0.6 is 0 Å². The van der Waals surface area contributed by atoms with Crippen molar-refractivity contribution < 1.29 is 9.47 Å². The van der Waals surface area contributed by atoms with Crippen molar-refractivity contribution in [2.24, 2.45) is 5.92 Å². The number of hydrogen-bond donors (Lipinski definition) is 1. The second-order valence-corrected chi connectivity index (χ2v) is 4.63. The number of likely N-dealkylation sites (N-methyl/N-ethyl adjacent to an activating group) is 1. The van der Waals surface area contributed by atoms with Gasteiger partial charge in [0.05, 0.1) is 19.8 Å². The Labute approximate surface area is 100 Å². The number of rotatable bonds is 11. The number of hydrogen-bond acceptors (Lipinski definition) is 4. The van der Waals surface area contributed by atoms with E-state index < -0.39 is 0 Å². The minimum Gasteiger partial charge on any atom is -0.380 e. The van der Waals surface area contributed by atoms with Crippen LogP contribution < -0.4 is 5.32 Å². The molecule has 0 saturated heterocycles. The third kappa shape index (κ3) is 13.8. The summed E-state index contributed by atoms with van der Waals surface area (Å²) in [5.41, 5.74) is 0. The first kappa shape index (κ1) is 15.8.